The predicted molar refractivity (Wildman–Crippen MR) is 86.0 cm³/mol. The van der Waals surface area contributed by atoms with Crippen LogP contribution in [0, 0.1) is 0 Å². The van der Waals surface area contributed by atoms with E-state index in [4.69, 9.17) is 16.7 Å². The summed E-state index contributed by atoms with van der Waals surface area (Å²) in [5, 5.41) is 21.3. The van der Waals surface area contributed by atoms with Gasteiger partial charge >= 0.3 is 5.97 Å². The summed E-state index contributed by atoms with van der Waals surface area (Å²) in [5.74, 6) is -0.731. The number of unbranched alkanes of at least 4 members (excludes halogenated alkanes) is 5. The van der Waals surface area contributed by atoms with Gasteiger partial charge in [0.2, 0.25) is 5.91 Å². The van der Waals surface area contributed by atoms with Gasteiger partial charge < -0.3 is 15.5 Å². The highest BCUT2D eigenvalue weighted by Gasteiger charge is 2.28. The molecule has 1 aliphatic rings. The molecule has 1 fully saturated rings. The van der Waals surface area contributed by atoms with Gasteiger partial charge in [-0.05, 0) is 32.1 Å². The number of aliphatic hydroxyl groups excluding tert-OH is 1. The summed E-state index contributed by atoms with van der Waals surface area (Å²) in [6.45, 7) is 0. The van der Waals surface area contributed by atoms with Gasteiger partial charge in [-0.1, -0.05) is 25.7 Å². The molecule has 1 saturated carbocycles. The van der Waals surface area contributed by atoms with Crippen molar-refractivity contribution in [2.24, 2.45) is 0 Å². The van der Waals surface area contributed by atoms with Crippen LogP contribution in [0.15, 0.2) is 0 Å². The number of carbonyl (C=O) groups is 2. The predicted octanol–water partition coefficient (Wildman–Crippen LogP) is 2.83. The number of hydrogen-bond acceptors (Lipinski definition) is 3. The summed E-state index contributed by atoms with van der Waals surface area (Å²) in [6, 6.07) is -0.154. The number of nitrogens with one attached hydrogen (secondary N) is 1. The number of aliphatic hydroxyl groups is 1. The molecule has 6 heteroatoms. The normalized spacial score (nSPS) is 24.9. The molecule has 0 bridgehead atoms. The molecule has 0 aliphatic heterocycles. The first kappa shape index (κ1) is 19.2. The van der Waals surface area contributed by atoms with Gasteiger partial charge in [-0.3, -0.25) is 9.59 Å². The lowest BCUT2D eigenvalue weighted by Gasteiger charge is -2.31. The number of carboxylic acids is 1. The number of rotatable bonds is 10. The zero-order valence-electron chi connectivity index (χ0n) is 13.1. The lowest BCUT2D eigenvalue weighted by atomic mass is 9.92. The Labute approximate surface area is 137 Å². The fourth-order valence-corrected chi connectivity index (χ4v) is 3.12. The van der Waals surface area contributed by atoms with Crippen molar-refractivity contribution in [1.82, 2.24) is 5.32 Å². The van der Waals surface area contributed by atoms with Crippen LogP contribution in [0.4, 0.5) is 0 Å². The van der Waals surface area contributed by atoms with E-state index >= 15 is 0 Å². The Kier molecular flexibility index (Phi) is 9.48. The highest BCUT2D eigenvalue weighted by Crippen LogP contribution is 2.23. The van der Waals surface area contributed by atoms with Gasteiger partial charge in [0.15, 0.2) is 0 Å². The smallest absolute Gasteiger partial charge is 0.303 e. The van der Waals surface area contributed by atoms with E-state index in [1.54, 1.807) is 0 Å². The maximum absolute atomic E-state index is 11.8. The van der Waals surface area contributed by atoms with Crippen molar-refractivity contribution in [2.75, 3.05) is 0 Å². The van der Waals surface area contributed by atoms with Gasteiger partial charge in [0.1, 0.15) is 0 Å². The average Bonchev–Trinajstić information content (AvgIpc) is 2.44. The lowest BCUT2D eigenvalue weighted by Crippen LogP contribution is -2.47. The molecule has 1 amide bonds. The second-order valence-electron chi connectivity index (χ2n) is 6.17. The van der Waals surface area contributed by atoms with Crippen LogP contribution in [0.3, 0.4) is 0 Å². The zero-order chi connectivity index (χ0) is 16.4. The number of hydrogen-bond donors (Lipinski definition) is 3. The number of carboxylic acid groups (broad SMARTS) is 1. The van der Waals surface area contributed by atoms with E-state index in [1.807, 2.05) is 0 Å². The van der Waals surface area contributed by atoms with Gasteiger partial charge in [-0.2, -0.15) is 0 Å². The number of halogens is 1. The minimum atomic E-state index is -0.734. The van der Waals surface area contributed by atoms with E-state index in [2.05, 4.69) is 5.32 Å². The quantitative estimate of drug-likeness (QED) is 0.424. The molecule has 1 rings (SSSR count). The summed E-state index contributed by atoms with van der Waals surface area (Å²) in [6.07, 6.45) is 7.87. The van der Waals surface area contributed by atoms with Crippen LogP contribution in [0.1, 0.15) is 70.6 Å². The molecule has 0 saturated heterocycles. The van der Waals surface area contributed by atoms with E-state index in [0.29, 0.717) is 12.8 Å². The molecule has 22 heavy (non-hydrogen) atoms. The fourth-order valence-electron chi connectivity index (χ4n) is 2.81. The summed E-state index contributed by atoms with van der Waals surface area (Å²) < 4.78 is 0. The van der Waals surface area contributed by atoms with E-state index in [1.165, 1.54) is 0 Å². The van der Waals surface area contributed by atoms with Crippen molar-refractivity contribution in [3.63, 3.8) is 0 Å². The van der Waals surface area contributed by atoms with Gasteiger partial charge in [0.05, 0.1) is 12.1 Å². The standard InChI is InChI=1S/C16H28ClNO4/c17-12-9-10-13(14(19)11-12)18-15(20)7-5-3-1-2-4-6-8-16(21)22/h12-14,19H,1-11H2,(H,18,20)(H,21,22). The third-order valence-electron chi connectivity index (χ3n) is 4.14. The summed E-state index contributed by atoms with van der Waals surface area (Å²) in [5.41, 5.74) is 0. The van der Waals surface area contributed by atoms with Gasteiger partial charge in [0.25, 0.3) is 0 Å². The zero-order valence-corrected chi connectivity index (χ0v) is 13.9. The summed E-state index contributed by atoms with van der Waals surface area (Å²) in [4.78, 5) is 22.2. The third kappa shape index (κ3) is 8.59. The Balaban J connectivity index is 1.98. The minimum absolute atomic E-state index is 0.00273. The van der Waals surface area contributed by atoms with Crippen molar-refractivity contribution in [1.29, 1.82) is 0 Å². The van der Waals surface area contributed by atoms with Crippen LogP contribution in [0.25, 0.3) is 0 Å². The number of carbonyl (C=O) groups excluding carboxylic acids is 1. The van der Waals surface area contributed by atoms with Crippen molar-refractivity contribution in [3.05, 3.63) is 0 Å². The molecule has 0 aromatic heterocycles. The fraction of sp³-hybridized carbons (Fsp3) is 0.875. The first-order valence-electron chi connectivity index (χ1n) is 8.32. The Morgan fingerprint density at radius 3 is 2.18 bits per heavy atom. The minimum Gasteiger partial charge on any atom is -0.481 e. The van der Waals surface area contributed by atoms with E-state index in [0.717, 1.165) is 51.4 Å². The molecule has 3 N–H and O–H groups in total. The molecule has 0 aromatic carbocycles. The molecule has 5 nitrogen and oxygen atoms in total. The van der Waals surface area contributed by atoms with Crippen LogP contribution in [-0.4, -0.2) is 39.6 Å². The highest BCUT2D eigenvalue weighted by molar-refractivity contribution is 6.20. The topological polar surface area (TPSA) is 86.6 Å². The Morgan fingerprint density at radius 1 is 1.00 bits per heavy atom. The molecule has 0 heterocycles. The second-order valence-corrected chi connectivity index (χ2v) is 6.78. The SMILES string of the molecule is O=C(O)CCCCCCCCC(=O)NC1CCC(Cl)CC1O. The number of alkyl halides is 1. The second kappa shape index (κ2) is 10.8. The third-order valence-corrected chi connectivity index (χ3v) is 4.54. The van der Waals surface area contributed by atoms with Gasteiger partial charge in [0, 0.05) is 18.2 Å². The monoisotopic (exact) mass is 333 g/mol. The van der Waals surface area contributed by atoms with Crippen LogP contribution < -0.4 is 5.32 Å². The van der Waals surface area contributed by atoms with Crippen LogP contribution >= 0.6 is 11.6 Å². The van der Waals surface area contributed by atoms with Gasteiger partial charge in [-0.15, -0.1) is 11.6 Å². The van der Waals surface area contributed by atoms with E-state index < -0.39 is 12.1 Å². The largest absolute Gasteiger partial charge is 0.481 e. The molecule has 1 aliphatic carbocycles. The Bertz CT molecular complexity index is 351. The first-order chi connectivity index (χ1) is 10.5. The molecule has 128 valence electrons. The van der Waals surface area contributed by atoms with E-state index in [9.17, 15) is 14.7 Å². The first-order valence-corrected chi connectivity index (χ1v) is 8.76. The van der Waals surface area contributed by atoms with Crippen LogP contribution in [-0.2, 0) is 9.59 Å². The molecule has 0 radical (unpaired) electrons. The van der Waals surface area contributed by atoms with Gasteiger partial charge in [-0.25, -0.2) is 0 Å². The van der Waals surface area contributed by atoms with Crippen LogP contribution in [0.2, 0.25) is 0 Å². The summed E-state index contributed by atoms with van der Waals surface area (Å²) in [7, 11) is 0. The Hall–Kier alpha value is -0.810. The number of aliphatic carboxylic acids is 1. The maximum Gasteiger partial charge on any atom is 0.303 e. The van der Waals surface area contributed by atoms with Crippen molar-refractivity contribution in [2.45, 2.75) is 88.2 Å². The molecule has 3 atom stereocenters. The molecular formula is C16H28ClNO4. The number of amides is 1. The average molecular weight is 334 g/mol. The van der Waals surface area contributed by atoms with Crippen molar-refractivity contribution < 1.29 is 19.8 Å². The lowest BCUT2D eigenvalue weighted by molar-refractivity contribution is -0.137. The summed E-state index contributed by atoms with van der Waals surface area (Å²) >= 11 is 5.98. The Morgan fingerprint density at radius 2 is 1.59 bits per heavy atom. The molecule has 0 aromatic rings. The van der Waals surface area contributed by atoms with Crippen molar-refractivity contribution in [3.8, 4) is 0 Å². The maximum atomic E-state index is 11.8. The molecule has 0 spiro atoms. The van der Waals surface area contributed by atoms with E-state index in [-0.39, 0.29) is 23.7 Å². The molecular weight excluding hydrogens is 306 g/mol. The van der Waals surface area contributed by atoms with Crippen LogP contribution in [0.5, 0.6) is 0 Å². The molecule has 3 unspecified atom stereocenters. The highest BCUT2D eigenvalue weighted by atomic mass is 35.5. The van der Waals surface area contributed by atoms with Crippen molar-refractivity contribution >= 4 is 23.5 Å².